The van der Waals surface area contributed by atoms with Crippen molar-refractivity contribution >= 4 is 17.3 Å². The summed E-state index contributed by atoms with van der Waals surface area (Å²) < 4.78 is 5.22. The number of rotatable bonds is 5. The van der Waals surface area contributed by atoms with Gasteiger partial charge in [-0.3, -0.25) is 4.79 Å². The highest BCUT2D eigenvalue weighted by Crippen LogP contribution is 2.22. The Morgan fingerprint density at radius 2 is 2.12 bits per heavy atom. The Kier molecular flexibility index (Phi) is 4.79. The van der Waals surface area contributed by atoms with Crippen LogP contribution in [-0.4, -0.2) is 24.8 Å². The van der Waals surface area contributed by atoms with Gasteiger partial charge in [0.25, 0.3) is 5.91 Å². The first-order chi connectivity index (χ1) is 11.7. The lowest BCUT2D eigenvalue weighted by Gasteiger charge is -2.12. The second kappa shape index (κ2) is 7.17. The highest BCUT2D eigenvalue weighted by Gasteiger charge is 2.29. The summed E-state index contributed by atoms with van der Waals surface area (Å²) in [7, 11) is 1.62. The van der Waals surface area contributed by atoms with Gasteiger partial charge in [-0.25, -0.2) is 0 Å². The number of oxime groups is 1. The van der Waals surface area contributed by atoms with Crippen LogP contribution in [0, 0.1) is 0 Å². The van der Waals surface area contributed by atoms with E-state index in [1.54, 1.807) is 7.11 Å². The summed E-state index contributed by atoms with van der Waals surface area (Å²) in [6, 6.07) is 15.3. The van der Waals surface area contributed by atoms with Gasteiger partial charge in [-0.2, -0.15) is 0 Å². The van der Waals surface area contributed by atoms with E-state index in [-0.39, 0.29) is 5.91 Å². The number of aryl methyl sites for hydroxylation is 1. The number of amides is 1. The molecule has 1 aliphatic heterocycles. The van der Waals surface area contributed by atoms with Crippen LogP contribution in [0.3, 0.4) is 0 Å². The third-order valence-electron chi connectivity index (χ3n) is 4.02. The molecule has 1 aliphatic rings. The zero-order valence-corrected chi connectivity index (χ0v) is 13.8. The summed E-state index contributed by atoms with van der Waals surface area (Å²) in [4.78, 5) is 17.8. The van der Waals surface area contributed by atoms with Gasteiger partial charge < -0.3 is 14.9 Å². The number of benzene rings is 2. The average Bonchev–Trinajstić information content (AvgIpc) is 3.12. The minimum Gasteiger partial charge on any atom is -0.497 e. The van der Waals surface area contributed by atoms with Crippen LogP contribution in [0.25, 0.3) is 0 Å². The van der Waals surface area contributed by atoms with Crippen molar-refractivity contribution in [1.29, 1.82) is 0 Å². The molecule has 1 N–H and O–H groups in total. The van der Waals surface area contributed by atoms with Crippen LogP contribution >= 0.6 is 0 Å². The molecule has 0 aromatic heterocycles. The van der Waals surface area contributed by atoms with Gasteiger partial charge in [0, 0.05) is 17.7 Å². The number of nitrogens with one attached hydrogen (secondary N) is 1. The van der Waals surface area contributed by atoms with Crippen LogP contribution in [-0.2, 0) is 16.1 Å². The second-order valence-corrected chi connectivity index (χ2v) is 5.57. The molecular formula is C19H20N2O3. The fraction of sp³-hybridized carbons (Fsp3) is 0.263. The van der Waals surface area contributed by atoms with Crippen molar-refractivity contribution in [3.05, 3.63) is 59.7 Å². The van der Waals surface area contributed by atoms with E-state index in [0.717, 1.165) is 34.7 Å². The molecule has 124 valence electrons. The topological polar surface area (TPSA) is 59.9 Å². The van der Waals surface area contributed by atoms with Gasteiger partial charge in [-0.05, 0) is 30.2 Å². The molecule has 1 amide bonds. The Labute approximate surface area is 141 Å². The Morgan fingerprint density at radius 3 is 2.92 bits per heavy atom. The molecule has 0 bridgehead atoms. The van der Waals surface area contributed by atoms with Crippen molar-refractivity contribution in [2.75, 3.05) is 12.4 Å². The largest absolute Gasteiger partial charge is 0.497 e. The SMILES string of the molecule is CCc1ccccc1NC(=O)[C@H]1CC(c2cccc(OC)c2)=NO1. The number of anilines is 1. The number of nitrogens with zero attached hydrogens (tertiary/aromatic N) is 1. The molecule has 0 fully saturated rings. The molecule has 2 aromatic rings. The number of para-hydroxylation sites is 1. The number of ether oxygens (including phenoxy) is 1. The highest BCUT2D eigenvalue weighted by atomic mass is 16.6. The molecule has 0 radical (unpaired) electrons. The lowest BCUT2D eigenvalue weighted by molar-refractivity contribution is -0.125. The minimum atomic E-state index is -0.615. The lowest BCUT2D eigenvalue weighted by Crippen LogP contribution is -2.28. The normalized spacial score (nSPS) is 16.2. The van der Waals surface area contributed by atoms with Crippen molar-refractivity contribution in [1.82, 2.24) is 0 Å². The number of hydrogen-bond donors (Lipinski definition) is 1. The maximum absolute atomic E-state index is 12.4. The molecule has 0 saturated heterocycles. The van der Waals surface area contributed by atoms with E-state index in [0.29, 0.717) is 6.42 Å². The van der Waals surface area contributed by atoms with Gasteiger partial charge in [0.05, 0.1) is 12.8 Å². The number of carbonyl (C=O) groups excluding carboxylic acids is 1. The van der Waals surface area contributed by atoms with E-state index in [1.165, 1.54) is 0 Å². The molecule has 3 rings (SSSR count). The van der Waals surface area contributed by atoms with Crippen LogP contribution < -0.4 is 10.1 Å². The minimum absolute atomic E-state index is 0.183. The fourth-order valence-corrected chi connectivity index (χ4v) is 2.65. The smallest absolute Gasteiger partial charge is 0.268 e. The van der Waals surface area contributed by atoms with Crippen molar-refractivity contribution in [2.24, 2.45) is 5.16 Å². The highest BCUT2D eigenvalue weighted by molar-refractivity contribution is 6.06. The molecular weight excluding hydrogens is 304 g/mol. The Bertz CT molecular complexity index is 771. The van der Waals surface area contributed by atoms with Gasteiger partial charge in [0.2, 0.25) is 6.10 Å². The molecule has 5 heteroatoms. The molecule has 1 heterocycles. The Morgan fingerprint density at radius 1 is 1.29 bits per heavy atom. The summed E-state index contributed by atoms with van der Waals surface area (Å²) in [5.74, 6) is 0.567. The predicted octanol–water partition coefficient (Wildman–Crippen LogP) is 3.39. The number of carbonyl (C=O) groups is 1. The standard InChI is InChI=1S/C19H20N2O3/c1-3-13-7-4-5-10-16(13)20-19(22)18-12-17(21-24-18)14-8-6-9-15(11-14)23-2/h4-11,18H,3,12H2,1-2H3,(H,20,22)/t18-/m1/s1. The summed E-state index contributed by atoms with van der Waals surface area (Å²) >= 11 is 0. The summed E-state index contributed by atoms with van der Waals surface area (Å²) in [5.41, 5.74) is 3.57. The first kappa shape index (κ1) is 16.1. The van der Waals surface area contributed by atoms with E-state index in [4.69, 9.17) is 9.57 Å². The predicted molar refractivity (Wildman–Crippen MR) is 93.5 cm³/mol. The molecule has 0 unspecified atom stereocenters. The van der Waals surface area contributed by atoms with Crippen molar-refractivity contribution < 1.29 is 14.4 Å². The summed E-state index contributed by atoms with van der Waals surface area (Å²) in [6.45, 7) is 2.06. The van der Waals surface area contributed by atoms with E-state index in [2.05, 4.69) is 17.4 Å². The summed E-state index contributed by atoms with van der Waals surface area (Å²) in [6.07, 6.45) is 0.678. The van der Waals surface area contributed by atoms with Gasteiger partial charge in [-0.15, -0.1) is 0 Å². The van der Waals surface area contributed by atoms with Crippen molar-refractivity contribution in [2.45, 2.75) is 25.9 Å². The average molecular weight is 324 g/mol. The van der Waals surface area contributed by atoms with Gasteiger partial charge in [0.1, 0.15) is 5.75 Å². The second-order valence-electron chi connectivity index (χ2n) is 5.57. The van der Waals surface area contributed by atoms with Gasteiger partial charge in [0.15, 0.2) is 0 Å². The molecule has 5 nitrogen and oxygen atoms in total. The molecule has 0 spiro atoms. The molecule has 0 saturated carbocycles. The fourth-order valence-electron chi connectivity index (χ4n) is 2.65. The van der Waals surface area contributed by atoms with E-state index < -0.39 is 6.10 Å². The van der Waals surface area contributed by atoms with Crippen LogP contribution in [0.4, 0.5) is 5.69 Å². The molecule has 1 atom stereocenters. The number of hydrogen-bond acceptors (Lipinski definition) is 4. The first-order valence-electron chi connectivity index (χ1n) is 7.97. The van der Waals surface area contributed by atoms with Crippen LogP contribution in [0.2, 0.25) is 0 Å². The van der Waals surface area contributed by atoms with Crippen molar-refractivity contribution in [3.63, 3.8) is 0 Å². The van der Waals surface area contributed by atoms with Crippen molar-refractivity contribution in [3.8, 4) is 5.75 Å². The van der Waals surface area contributed by atoms with Crippen LogP contribution in [0.5, 0.6) is 5.75 Å². The third-order valence-corrected chi connectivity index (χ3v) is 4.02. The maximum Gasteiger partial charge on any atom is 0.268 e. The monoisotopic (exact) mass is 324 g/mol. The quantitative estimate of drug-likeness (QED) is 0.917. The summed E-state index contributed by atoms with van der Waals surface area (Å²) in [5, 5.41) is 7.00. The third kappa shape index (κ3) is 3.40. The molecule has 2 aromatic carbocycles. The lowest BCUT2D eigenvalue weighted by atomic mass is 10.0. The first-order valence-corrected chi connectivity index (χ1v) is 7.97. The van der Waals surface area contributed by atoms with Gasteiger partial charge >= 0.3 is 0 Å². The maximum atomic E-state index is 12.4. The molecule has 24 heavy (non-hydrogen) atoms. The van der Waals surface area contributed by atoms with Crippen LogP contribution in [0.15, 0.2) is 53.7 Å². The zero-order chi connectivity index (χ0) is 16.9. The van der Waals surface area contributed by atoms with E-state index in [9.17, 15) is 4.79 Å². The Balaban J connectivity index is 1.67. The van der Waals surface area contributed by atoms with E-state index in [1.807, 2.05) is 48.5 Å². The van der Waals surface area contributed by atoms with E-state index >= 15 is 0 Å². The number of methoxy groups -OCH3 is 1. The molecule has 0 aliphatic carbocycles. The van der Waals surface area contributed by atoms with Crippen LogP contribution in [0.1, 0.15) is 24.5 Å². The Hall–Kier alpha value is -2.82. The zero-order valence-electron chi connectivity index (χ0n) is 13.8. The van der Waals surface area contributed by atoms with Gasteiger partial charge in [-0.1, -0.05) is 42.4 Å².